The highest BCUT2D eigenvalue weighted by Crippen LogP contribution is 2.31. The first-order chi connectivity index (χ1) is 22.2. The van der Waals surface area contributed by atoms with Gasteiger partial charge < -0.3 is 19.3 Å². The Labute approximate surface area is 283 Å². The van der Waals surface area contributed by atoms with Gasteiger partial charge in [-0.15, -0.1) is 10.2 Å². The van der Waals surface area contributed by atoms with Crippen molar-refractivity contribution in [3.05, 3.63) is 70.8 Å². The maximum atomic E-state index is 13.8. The first-order valence-electron chi connectivity index (χ1n) is 15.1. The molecular formula is C32H36Cl2N6O6S. The molecule has 0 bridgehead atoms. The number of carbonyl (C=O) groups excluding carboxylic acids is 2. The Hall–Kier alpha value is -4.07. The second kappa shape index (κ2) is 14.0. The average Bonchev–Trinajstić information content (AvgIpc) is 3.26. The third kappa shape index (κ3) is 8.09. The second-order valence-corrected chi connectivity index (χ2v) is 14.6. The van der Waals surface area contributed by atoms with Crippen LogP contribution in [-0.4, -0.2) is 85.1 Å². The van der Waals surface area contributed by atoms with E-state index < -0.39 is 28.1 Å². The van der Waals surface area contributed by atoms with E-state index in [9.17, 15) is 18.0 Å². The van der Waals surface area contributed by atoms with Crippen LogP contribution in [0.1, 0.15) is 34.1 Å². The van der Waals surface area contributed by atoms with Crippen molar-refractivity contribution in [3.63, 3.8) is 0 Å². The van der Waals surface area contributed by atoms with E-state index in [1.807, 2.05) is 49.7 Å². The van der Waals surface area contributed by atoms with E-state index in [1.165, 1.54) is 18.2 Å². The molecule has 1 aliphatic heterocycles. The van der Waals surface area contributed by atoms with Crippen LogP contribution in [0.5, 0.6) is 0 Å². The van der Waals surface area contributed by atoms with E-state index in [0.29, 0.717) is 36.7 Å². The molecule has 1 saturated heterocycles. The van der Waals surface area contributed by atoms with Crippen LogP contribution in [-0.2, 0) is 24.3 Å². The maximum Gasteiger partial charge on any atom is 0.410 e. The summed E-state index contributed by atoms with van der Waals surface area (Å²) in [4.78, 5) is 28.7. The number of anilines is 2. The van der Waals surface area contributed by atoms with Gasteiger partial charge in [0.2, 0.25) is 0 Å². The molecule has 12 nitrogen and oxygen atoms in total. The summed E-state index contributed by atoms with van der Waals surface area (Å²) >= 11 is 12.2. The molecule has 3 heterocycles. The Morgan fingerprint density at radius 1 is 0.915 bits per heavy atom. The van der Waals surface area contributed by atoms with Crippen LogP contribution in [0.25, 0.3) is 16.7 Å². The van der Waals surface area contributed by atoms with Gasteiger partial charge in [-0.05, 0) is 88.7 Å². The molecule has 47 heavy (non-hydrogen) atoms. The Bertz CT molecular complexity index is 1860. The highest BCUT2D eigenvalue weighted by molar-refractivity contribution is 7.92. The first kappa shape index (κ1) is 34.3. The summed E-state index contributed by atoms with van der Waals surface area (Å²) in [6.07, 6.45) is 2.25. The lowest BCUT2D eigenvalue weighted by molar-refractivity contribution is -0.141. The molecule has 1 fully saturated rings. The fourth-order valence-corrected chi connectivity index (χ4v) is 7.33. The smallest absolute Gasteiger partial charge is 0.410 e. The van der Waals surface area contributed by atoms with Crippen LogP contribution in [0.4, 0.5) is 16.3 Å². The van der Waals surface area contributed by atoms with Gasteiger partial charge in [-0.1, -0.05) is 23.2 Å². The van der Waals surface area contributed by atoms with Gasteiger partial charge in [0, 0.05) is 47.8 Å². The van der Waals surface area contributed by atoms with Crippen molar-refractivity contribution in [2.24, 2.45) is 0 Å². The Kier molecular flexibility index (Phi) is 10.2. The number of aromatic nitrogens is 3. The monoisotopic (exact) mass is 702 g/mol. The van der Waals surface area contributed by atoms with E-state index in [4.69, 9.17) is 32.7 Å². The molecule has 1 aliphatic rings. The molecule has 0 unspecified atom stereocenters. The maximum absolute atomic E-state index is 13.8. The summed E-state index contributed by atoms with van der Waals surface area (Å²) in [6, 6.07) is 14.6. The van der Waals surface area contributed by atoms with Gasteiger partial charge in [-0.25, -0.2) is 13.2 Å². The van der Waals surface area contributed by atoms with Crippen LogP contribution in [0.2, 0.25) is 10.0 Å². The average molecular weight is 704 g/mol. The van der Waals surface area contributed by atoms with Crippen molar-refractivity contribution in [2.75, 3.05) is 48.5 Å². The van der Waals surface area contributed by atoms with Crippen LogP contribution < -0.4 is 9.21 Å². The highest BCUT2D eigenvalue weighted by atomic mass is 35.5. The summed E-state index contributed by atoms with van der Waals surface area (Å²) in [5.74, 6) is 0.546. The van der Waals surface area contributed by atoms with Gasteiger partial charge in [-0.3, -0.25) is 13.7 Å². The van der Waals surface area contributed by atoms with Gasteiger partial charge in [0.25, 0.3) is 10.0 Å². The number of esters is 1. The molecule has 0 saturated carbocycles. The molecule has 2 aromatic carbocycles. The lowest BCUT2D eigenvalue weighted by Gasteiger charge is -2.26. The largest absolute Gasteiger partial charge is 0.465 e. The van der Waals surface area contributed by atoms with Crippen LogP contribution >= 0.6 is 23.2 Å². The van der Waals surface area contributed by atoms with E-state index in [1.54, 1.807) is 30.0 Å². The summed E-state index contributed by atoms with van der Waals surface area (Å²) < 4.78 is 41.0. The van der Waals surface area contributed by atoms with Crippen LogP contribution in [0.15, 0.2) is 65.7 Å². The number of amides is 1. The van der Waals surface area contributed by atoms with Gasteiger partial charge >= 0.3 is 12.1 Å². The normalized spacial score (nSPS) is 14.2. The van der Waals surface area contributed by atoms with Crippen molar-refractivity contribution in [3.8, 4) is 5.82 Å². The lowest BCUT2D eigenvalue weighted by atomic mass is 10.2. The highest BCUT2D eigenvalue weighted by Gasteiger charge is 2.29. The van der Waals surface area contributed by atoms with Gasteiger partial charge in [0.15, 0.2) is 11.6 Å². The molecule has 5 rings (SSSR count). The third-order valence-electron chi connectivity index (χ3n) is 7.32. The molecule has 1 amide bonds. The quantitative estimate of drug-likeness (QED) is 0.205. The van der Waals surface area contributed by atoms with Crippen molar-refractivity contribution in [1.82, 2.24) is 19.7 Å². The van der Waals surface area contributed by atoms with Crippen molar-refractivity contribution < 1.29 is 27.5 Å². The first-order valence-corrected chi connectivity index (χ1v) is 17.3. The Morgan fingerprint density at radius 2 is 1.62 bits per heavy atom. The number of fused-ring (bicyclic) bond motifs is 1. The number of carbonyl (C=O) groups is 2. The molecule has 0 radical (unpaired) electrons. The fraction of sp³-hybridized carbons (Fsp3) is 0.375. The van der Waals surface area contributed by atoms with Gasteiger partial charge in [0.05, 0.1) is 22.7 Å². The minimum atomic E-state index is -4.26. The Balaban J connectivity index is 1.38. The lowest BCUT2D eigenvalue weighted by Crippen LogP contribution is -2.39. The molecule has 0 spiro atoms. The van der Waals surface area contributed by atoms with Gasteiger partial charge in [0.1, 0.15) is 12.1 Å². The standard InChI is InChI=1S/C32H36Cl2N6O6S/c1-5-45-30(41)21-40(47(43,44)26-19-23(33)18-24(34)20-26)25-7-8-27-22(17-25)11-14-39(27)29-10-9-28(35-36-29)37-12-6-13-38(16-15-37)31(42)46-32(2,3)4/h7-11,14,17-20H,5-6,12-13,15-16,21H2,1-4H3. The van der Waals surface area contributed by atoms with E-state index >= 15 is 0 Å². The summed E-state index contributed by atoms with van der Waals surface area (Å²) in [5.41, 5.74) is 0.445. The number of benzene rings is 2. The number of ether oxygens (including phenoxy) is 2. The Morgan fingerprint density at radius 3 is 2.28 bits per heavy atom. The van der Waals surface area contributed by atoms with E-state index in [0.717, 1.165) is 22.8 Å². The predicted molar refractivity (Wildman–Crippen MR) is 181 cm³/mol. The summed E-state index contributed by atoms with van der Waals surface area (Å²) in [6.45, 7) is 9.16. The van der Waals surface area contributed by atoms with E-state index in [-0.39, 0.29) is 33.3 Å². The van der Waals surface area contributed by atoms with Crippen molar-refractivity contribution in [2.45, 2.75) is 44.6 Å². The third-order valence-corrected chi connectivity index (χ3v) is 9.51. The zero-order chi connectivity index (χ0) is 33.9. The topological polar surface area (TPSA) is 127 Å². The molecule has 15 heteroatoms. The molecular weight excluding hydrogens is 667 g/mol. The fourth-order valence-electron chi connectivity index (χ4n) is 5.20. The minimum Gasteiger partial charge on any atom is -0.465 e. The van der Waals surface area contributed by atoms with E-state index in [2.05, 4.69) is 15.1 Å². The number of nitrogens with zero attached hydrogens (tertiary/aromatic N) is 6. The molecule has 0 atom stereocenters. The van der Waals surface area contributed by atoms with Crippen molar-refractivity contribution in [1.29, 1.82) is 0 Å². The zero-order valence-electron chi connectivity index (χ0n) is 26.5. The number of rotatable bonds is 8. The number of halogens is 2. The SMILES string of the molecule is CCOC(=O)CN(c1ccc2c(ccn2-c2ccc(N3CCCN(C(=O)OC(C)(C)C)CC3)nn2)c1)S(=O)(=O)c1cc(Cl)cc(Cl)c1. The number of sulfonamides is 1. The second-order valence-electron chi connectivity index (χ2n) is 11.9. The van der Waals surface area contributed by atoms with Crippen LogP contribution in [0.3, 0.4) is 0 Å². The molecule has 2 aromatic heterocycles. The molecule has 250 valence electrons. The number of hydrogen-bond acceptors (Lipinski definition) is 9. The molecule has 0 aliphatic carbocycles. The summed E-state index contributed by atoms with van der Waals surface area (Å²) in [7, 11) is -4.26. The predicted octanol–water partition coefficient (Wildman–Crippen LogP) is 5.93. The van der Waals surface area contributed by atoms with Crippen LogP contribution in [0, 0.1) is 0 Å². The molecule has 0 N–H and O–H groups in total. The zero-order valence-corrected chi connectivity index (χ0v) is 28.8. The molecule has 4 aromatic rings. The van der Waals surface area contributed by atoms with Crippen molar-refractivity contribution >= 4 is 67.7 Å². The minimum absolute atomic E-state index is 0.0969. The van der Waals surface area contributed by atoms with Gasteiger partial charge in [-0.2, -0.15) is 0 Å². The number of hydrogen-bond donors (Lipinski definition) is 0. The summed E-state index contributed by atoms with van der Waals surface area (Å²) in [5, 5.41) is 9.93.